The second kappa shape index (κ2) is 7.23. The molecule has 1 atom stereocenters. The highest BCUT2D eigenvalue weighted by molar-refractivity contribution is 7.09. The van der Waals surface area contributed by atoms with E-state index < -0.39 is 17.9 Å². The van der Waals surface area contributed by atoms with Crippen molar-refractivity contribution in [3.63, 3.8) is 0 Å². The lowest BCUT2D eigenvalue weighted by atomic mass is 10.1. The third-order valence-corrected chi connectivity index (χ3v) is 3.84. The Kier molecular flexibility index (Phi) is 5.95. The summed E-state index contributed by atoms with van der Waals surface area (Å²) in [4.78, 5) is 27.2. The van der Waals surface area contributed by atoms with Crippen molar-refractivity contribution in [1.29, 1.82) is 0 Å². The number of carboxylic acids is 1. The molecule has 0 aromatic carbocycles. The molecule has 2 N–H and O–H groups in total. The molecule has 0 saturated carbocycles. The molecule has 0 radical (unpaired) electrons. The van der Waals surface area contributed by atoms with Crippen molar-refractivity contribution in [1.82, 2.24) is 10.3 Å². The summed E-state index contributed by atoms with van der Waals surface area (Å²) in [5.74, 6) is -1.14. The third-order valence-electron chi connectivity index (χ3n) is 2.70. The largest absolute Gasteiger partial charge is 0.480 e. The van der Waals surface area contributed by atoms with E-state index in [1.807, 2.05) is 20.8 Å². The van der Waals surface area contributed by atoms with Crippen LogP contribution >= 0.6 is 11.3 Å². The molecule has 0 spiro atoms. The zero-order valence-electron chi connectivity index (χ0n) is 11.5. The van der Waals surface area contributed by atoms with Crippen LogP contribution in [0.4, 0.5) is 0 Å². The van der Waals surface area contributed by atoms with Crippen molar-refractivity contribution in [3.05, 3.63) is 16.1 Å². The molecule has 106 valence electrons. The third kappa shape index (κ3) is 4.63. The van der Waals surface area contributed by atoms with E-state index in [-0.39, 0.29) is 5.92 Å². The summed E-state index contributed by atoms with van der Waals surface area (Å²) < 4.78 is 0. The lowest BCUT2D eigenvalue weighted by Gasteiger charge is -2.12. The number of nitrogens with zero attached hydrogens (tertiary/aromatic N) is 1. The van der Waals surface area contributed by atoms with Gasteiger partial charge in [-0.2, -0.15) is 0 Å². The van der Waals surface area contributed by atoms with Crippen LogP contribution < -0.4 is 5.32 Å². The molecular weight excluding hydrogens is 264 g/mol. The van der Waals surface area contributed by atoms with Gasteiger partial charge in [-0.05, 0) is 6.42 Å². The minimum Gasteiger partial charge on any atom is -0.480 e. The van der Waals surface area contributed by atoms with Gasteiger partial charge in [0.1, 0.15) is 11.7 Å². The molecule has 1 aromatic rings. The average Bonchev–Trinajstić information content (AvgIpc) is 2.83. The Bertz CT molecular complexity index is 443. The highest BCUT2D eigenvalue weighted by Gasteiger charge is 2.21. The summed E-state index contributed by atoms with van der Waals surface area (Å²) >= 11 is 1.42. The van der Waals surface area contributed by atoms with Crippen LogP contribution in [0.1, 0.15) is 61.4 Å². The number of amides is 1. The van der Waals surface area contributed by atoms with Crippen molar-refractivity contribution in [2.45, 2.75) is 52.0 Å². The maximum absolute atomic E-state index is 11.9. The standard InChI is InChI=1S/C13H20N2O3S/c1-4-5-6-9(13(17)18)14-11(16)10-7-19-12(15-10)8(2)3/h7-9H,4-6H2,1-3H3,(H,14,16)(H,17,18)/t9-/m0/s1. The number of hydrogen-bond acceptors (Lipinski definition) is 4. The Balaban J connectivity index is 2.67. The van der Waals surface area contributed by atoms with Gasteiger partial charge in [-0.25, -0.2) is 9.78 Å². The summed E-state index contributed by atoms with van der Waals surface area (Å²) in [6.45, 7) is 5.99. The Hall–Kier alpha value is -1.43. The predicted molar refractivity (Wildman–Crippen MR) is 74.6 cm³/mol. The minimum absolute atomic E-state index is 0.266. The molecule has 0 fully saturated rings. The van der Waals surface area contributed by atoms with Crippen LogP contribution in [0, 0.1) is 0 Å². The minimum atomic E-state index is -0.999. The predicted octanol–water partition coefficient (Wildman–Crippen LogP) is 2.64. The first-order valence-electron chi connectivity index (χ1n) is 6.44. The van der Waals surface area contributed by atoms with Crippen LogP contribution in [0.3, 0.4) is 0 Å². The summed E-state index contributed by atoms with van der Waals surface area (Å²) in [5.41, 5.74) is 0.302. The number of rotatable bonds is 7. The van der Waals surface area contributed by atoms with E-state index in [9.17, 15) is 9.59 Å². The van der Waals surface area contributed by atoms with E-state index in [2.05, 4.69) is 10.3 Å². The van der Waals surface area contributed by atoms with Crippen molar-refractivity contribution < 1.29 is 14.7 Å². The van der Waals surface area contributed by atoms with Gasteiger partial charge in [-0.15, -0.1) is 11.3 Å². The maximum Gasteiger partial charge on any atom is 0.326 e. The highest BCUT2D eigenvalue weighted by atomic mass is 32.1. The Labute approximate surface area is 117 Å². The Morgan fingerprint density at radius 1 is 1.47 bits per heavy atom. The second-order valence-corrected chi connectivity index (χ2v) is 5.62. The van der Waals surface area contributed by atoms with Crippen molar-refractivity contribution in [2.75, 3.05) is 0 Å². The van der Waals surface area contributed by atoms with Crippen LogP contribution in [0.25, 0.3) is 0 Å². The highest BCUT2D eigenvalue weighted by Crippen LogP contribution is 2.19. The van der Waals surface area contributed by atoms with E-state index >= 15 is 0 Å². The smallest absolute Gasteiger partial charge is 0.326 e. The summed E-state index contributed by atoms with van der Waals surface area (Å²) in [7, 11) is 0. The molecule has 1 amide bonds. The van der Waals surface area contributed by atoms with E-state index in [4.69, 9.17) is 5.11 Å². The van der Waals surface area contributed by atoms with Gasteiger partial charge in [0, 0.05) is 11.3 Å². The number of carboxylic acid groups (broad SMARTS) is 1. The van der Waals surface area contributed by atoms with Crippen molar-refractivity contribution in [3.8, 4) is 0 Å². The number of thiazole rings is 1. The Morgan fingerprint density at radius 3 is 2.63 bits per heavy atom. The molecule has 0 aliphatic heterocycles. The molecule has 1 rings (SSSR count). The molecule has 5 nitrogen and oxygen atoms in total. The molecule has 0 saturated heterocycles. The maximum atomic E-state index is 11.9. The number of aliphatic carboxylic acids is 1. The van der Waals surface area contributed by atoms with Gasteiger partial charge in [-0.3, -0.25) is 4.79 Å². The van der Waals surface area contributed by atoms with Gasteiger partial charge in [0.15, 0.2) is 0 Å². The zero-order valence-corrected chi connectivity index (χ0v) is 12.3. The fourth-order valence-electron chi connectivity index (χ4n) is 1.55. The lowest BCUT2D eigenvalue weighted by molar-refractivity contribution is -0.139. The fourth-order valence-corrected chi connectivity index (χ4v) is 2.37. The summed E-state index contributed by atoms with van der Waals surface area (Å²) in [6.07, 6.45) is 2.11. The molecule has 0 aliphatic rings. The van der Waals surface area contributed by atoms with Gasteiger partial charge in [0.25, 0.3) is 5.91 Å². The lowest BCUT2D eigenvalue weighted by Crippen LogP contribution is -2.40. The second-order valence-electron chi connectivity index (χ2n) is 4.73. The Morgan fingerprint density at radius 2 is 2.16 bits per heavy atom. The summed E-state index contributed by atoms with van der Waals surface area (Å²) in [5, 5.41) is 14.1. The number of hydrogen-bond donors (Lipinski definition) is 2. The zero-order chi connectivity index (χ0) is 14.4. The van der Waals surface area contributed by atoms with Crippen molar-refractivity contribution >= 4 is 23.2 Å². The van der Waals surface area contributed by atoms with Gasteiger partial charge >= 0.3 is 5.97 Å². The molecule has 1 aromatic heterocycles. The number of carbonyl (C=O) groups is 2. The molecule has 0 bridgehead atoms. The monoisotopic (exact) mass is 284 g/mol. The van der Waals surface area contributed by atoms with E-state index in [0.717, 1.165) is 17.8 Å². The molecule has 6 heteroatoms. The van der Waals surface area contributed by atoms with Crippen LogP contribution in [0.2, 0.25) is 0 Å². The quantitative estimate of drug-likeness (QED) is 0.806. The first kappa shape index (κ1) is 15.6. The van der Waals surface area contributed by atoms with Gasteiger partial charge in [0.05, 0.1) is 5.01 Å². The average molecular weight is 284 g/mol. The fraction of sp³-hybridized carbons (Fsp3) is 0.615. The van der Waals surface area contributed by atoms with Crippen LogP contribution in [-0.2, 0) is 4.79 Å². The summed E-state index contributed by atoms with van der Waals surface area (Å²) in [6, 6.07) is -0.836. The number of nitrogens with one attached hydrogen (secondary N) is 1. The molecule has 19 heavy (non-hydrogen) atoms. The van der Waals surface area contributed by atoms with E-state index in [0.29, 0.717) is 12.1 Å². The van der Waals surface area contributed by atoms with Crippen LogP contribution in [0.5, 0.6) is 0 Å². The van der Waals surface area contributed by atoms with Crippen molar-refractivity contribution in [2.24, 2.45) is 0 Å². The normalized spacial score (nSPS) is 12.4. The number of aromatic nitrogens is 1. The number of carbonyl (C=O) groups excluding carboxylic acids is 1. The molecule has 1 heterocycles. The topological polar surface area (TPSA) is 79.3 Å². The van der Waals surface area contributed by atoms with Gasteiger partial charge < -0.3 is 10.4 Å². The number of unbranched alkanes of at least 4 members (excludes halogenated alkanes) is 1. The van der Waals surface area contributed by atoms with Gasteiger partial charge in [0.2, 0.25) is 0 Å². The van der Waals surface area contributed by atoms with E-state index in [1.54, 1.807) is 5.38 Å². The SMILES string of the molecule is CCCC[C@H](NC(=O)c1csc(C(C)C)n1)C(=O)O. The van der Waals surface area contributed by atoms with E-state index in [1.165, 1.54) is 11.3 Å². The molecular formula is C13H20N2O3S. The van der Waals surface area contributed by atoms with Gasteiger partial charge in [-0.1, -0.05) is 33.6 Å². The van der Waals surface area contributed by atoms with Crippen LogP contribution in [0.15, 0.2) is 5.38 Å². The molecule has 0 unspecified atom stereocenters. The first-order valence-corrected chi connectivity index (χ1v) is 7.32. The van der Waals surface area contributed by atoms with Crippen LogP contribution in [-0.4, -0.2) is 28.0 Å². The first-order chi connectivity index (χ1) is 8.95. The molecule has 0 aliphatic carbocycles.